The molecule has 1 atom stereocenters. The number of carbonyl (C=O) groups excluding carboxylic acids is 3. The van der Waals surface area contributed by atoms with Gasteiger partial charge in [-0.05, 0) is 19.8 Å². The molecule has 2 heterocycles. The van der Waals surface area contributed by atoms with Crippen LogP contribution < -0.4 is 10.6 Å². The van der Waals surface area contributed by atoms with E-state index < -0.39 is 6.03 Å². The quantitative estimate of drug-likeness (QED) is 0.659. The number of hydrogen-bond donors (Lipinski definition) is 2. The van der Waals surface area contributed by atoms with Crippen LogP contribution in [0.25, 0.3) is 0 Å². The summed E-state index contributed by atoms with van der Waals surface area (Å²) in [6.07, 6.45) is 4.24. The molecule has 2 saturated heterocycles. The minimum Gasteiger partial charge on any atom is -0.378 e. The lowest BCUT2D eigenvalue weighted by atomic mass is 10.2. The minimum absolute atomic E-state index is 0.145. The average molecular weight is 396 g/mol. The fraction of sp³-hybridized carbons (Fsp3) is 0.842. The van der Waals surface area contributed by atoms with E-state index in [1.54, 1.807) is 0 Å². The van der Waals surface area contributed by atoms with E-state index in [4.69, 9.17) is 4.74 Å². The highest BCUT2D eigenvalue weighted by atomic mass is 16.5. The van der Waals surface area contributed by atoms with Crippen molar-refractivity contribution in [1.82, 2.24) is 25.3 Å². The summed E-state index contributed by atoms with van der Waals surface area (Å²) in [6, 6.07) is -0.569. The molecule has 158 valence electrons. The second-order valence-electron chi connectivity index (χ2n) is 7.93. The Morgan fingerprint density at radius 2 is 1.64 bits per heavy atom. The number of hydrogen-bond acceptors (Lipinski definition) is 6. The van der Waals surface area contributed by atoms with Crippen molar-refractivity contribution >= 4 is 17.8 Å². The van der Waals surface area contributed by atoms with Crippen LogP contribution in [0.4, 0.5) is 4.79 Å². The van der Waals surface area contributed by atoms with Gasteiger partial charge in [-0.15, -0.1) is 0 Å². The molecular formula is C19H33N5O4. The molecule has 0 aromatic heterocycles. The Kier molecular flexibility index (Phi) is 7.64. The third-order valence-electron chi connectivity index (χ3n) is 5.98. The molecule has 3 fully saturated rings. The standard InChI is InChI=1S/C19H33N5O4/c1-15(18(26)21-19(27)20-16-4-2-3-5-16)23-8-6-22(7-9-23)14-17(25)24-10-12-28-13-11-24/h15-16H,2-14H2,1H3,(H2,20,21,26,27). The Morgan fingerprint density at radius 3 is 2.29 bits per heavy atom. The molecule has 1 unspecified atom stereocenters. The zero-order valence-electron chi connectivity index (χ0n) is 16.8. The van der Waals surface area contributed by atoms with Crippen LogP contribution in [-0.2, 0) is 14.3 Å². The summed E-state index contributed by atoms with van der Waals surface area (Å²) in [5, 5.41) is 5.35. The molecule has 9 heteroatoms. The van der Waals surface area contributed by atoms with Gasteiger partial charge in [0.15, 0.2) is 0 Å². The maximum Gasteiger partial charge on any atom is 0.321 e. The molecule has 3 aliphatic rings. The van der Waals surface area contributed by atoms with E-state index in [-0.39, 0.29) is 23.9 Å². The molecule has 2 N–H and O–H groups in total. The van der Waals surface area contributed by atoms with Crippen molar-refractivity contribution < 1.29 is 19.1 Å². The van der Waals surface area contributed by atoms with Crippen molar-refractivity contribution in [1.29, 1.82) is 0 Å². The van der Waals surface area contributed by atoms with Crippen molar-refractivity contribution in [3.05, 3.63) is 0 Å². The largest absolute Gasteiger partial charge is 0.378 e. The van der Waals surface area contributed by atoms with Gasteiger partial charge in [0, 0.05) is 45.3 Å². The summed E-state index contributed by atoms with van der Waals surface area (Å²) in [4.78, 5) is 42.8. The third-order valence-corrected chi connectivity index (χ3v) is 5.98. The van der Waals surface area contributed by atoms with Crippen LogP contribution in [0.1, 0.15) is 32.6 Å². The lowest BCUT2D eigenvalue weighted by molar-refractivity contribution is -0.137. The Balaban J connectivity index is 1.36. The highest BCUT2D eigenvalue weighted by Gasteiger charge is 2.28. The first kappa shape index (κ1) is 21.0. The smallest absolute Gasteiger partial charge is 0.321 e. The topological polar surface area (TPSA) is 94.2 Å². The lowest BCUT2D eigenvalue weighted by Gasteiger charge is -2.38. The van der Waals surface area contributed by atoms with Crippen LogP contribution >= 0.6 is 0 Å². The number of piperazine rings is 1. The molecule has 9 nitrogen and oxygen atoms in total. The number of amides is 4. The van der Waals surface area contributed by atoms with Gasteiger partial charge in [0.2, 0.25) is 11.8 Å². The van der Waals surface area contributed by atoms with E-state index in [1.165, 1.54) is 0 Å². The normalized spacial score (nSPS) is 23.4. The first-order valence-corrected chi connectivity index (χ1v) is 10.5. The summed E-state index contributed by atoms with van der Waals surface area (Å²) in [5.74, 6) is -0.125. The minimum atomic E-state index is -0.390. The monoisotopic (exact) mass is 395 g/mol. The zero-order valence-corrected chi connectivity index (χ0v) is 16.8. The van der Waals surface area contributed by atoms with Gasteiger partial charge in [-0.25, -0.2) is 4.79 Å². The molecule has 3 rings (SSSR count). The van der Waals surface area contributed by atoms with E-state index >= 15 is 0 Å². The number of rotatable bonds is 5. The average Bonchev–Trinajstić information content (AvgIpc) is 3.21. The van der Waals surface area contributed by atoms with Gasteiger partial charge in [0.05, 0.1) is 25.8 Å². The van der Waals surface area contributed by atoms with E-state index in [0.29, 0.717) is 45.9 Å². The Bertz CT molecular complexity index is 553. The van der Waals surface area contributed by atoms with E-state index in [1.807, 2.05) is 11.8 Å². The first-order chi connectivity index (χ1) is 13.5. The second-order valence-corrected chi connectivity index (χ2v) is 7.93. The van der Waals surface area contributed by atoms with Crippen molar-refractivity contribution in [3.8, 4) is 0 Å². The number of nitrogens with zero attached hydrogens (tertiary/aromatic N) is 3. The van der Waals surface area contributed by atoms with Gasteiger partial charge >= 0.3 is 6.03 Å². The number of urea groups is 1. The van der Waals surface area contributed by atoms with Gasteiger partial charge in [-0.1, -0.05) is 12.8 Å². The molecule has 0 aromatic carbocycles. The van der Waals surface area contributed by atoms with E-state index in [0.717, 1.165) is 38.8 Å². The summed E-state index contributed by atoms with van der Waals surface area (Å²) >= 11 is 0. The molecule has 0 aromatic rings. The zero-order chi connectivity index (χ0) is 19.9. The molecule has 0 spiro atoms. The van der Waals surface area contributed by atoms with Gasteiger partial charge in [0.1, 0.15) is 0 Å². The van der Waals surface area contributed by atoms with Gasteiger partial charge in [0.25, 0.3) is 0 Å². The van der Waals surface area contributed by atoms with Gasteiger partial charge in [-0.2, -0.15) is 0 Å². The fourth-order valence-corrected chi connectivity index (χ4v) is 4.09. The van der Waals surface area contributed by atoms with E-state index in [9.17, 15) is 14.4 Å². The Labute approximate surface area is 166 Å². The van der Waals surface area contributed by atoms with Crippen LogP contribution in [0.3, 0.4) is 0 Å². The number of morpholine rings is 1. The molecule has 4 amide bonds. The molecule has 28 heavy (non-hydrogen) atoms. The Morgan fingerprint density at radius 1 is 1.00 bits per heavy atom. The SMILES string of the molecule is CC(C(=O)NC(=O)NC1CCCC1)N1CCN(CC(=O)N2CCOCC2)CC1. The summed E-state index contributed by atoms with van der Waals surface area (Å²) in [7, 11) is 0. The second kappa shape index (κ2) is 10.2. The van der Waals surface area contributed by atoms with Crippen molar-refractivity contribution in [2.45, 2.75) is 44.7 Å². The third kappa shape index (κ3) is 5.89. The van der Waals surface area contributed by atoms with Crippen LogP contribution in [0.15, 0.2) is 0 Å². The number of imide groups is 1. The van der Waals surface area contributed by atoms with E-state index in [2.05, 4.69) is 20.4 Å². The fourth-order valence-electron chi connectivity index (χ4n) is 4.09. The Hall–Kier alpha value is -1.71. The number of carbonyl (C=O) groups is 3. The number of ether oxygens (including phenoxy) is 1. The summed E-state index contributed by atoms with van der Waals surface area (Å²) in [5.41, 5.74) is 0. The van der Waals surface area contributed by atoms with Crippen molar-refractivity contribution in [3.63, 3.8) is 0 Å². The predicted molar refractivity (Wildman–Crippen MR) is 104 cm³/mol. The molecular weight excluding hydrogens is 362 g/mol. The van der Waals surface area contributed by atoms with Crippen LogP contribution in [0, 0.1) is 0 Å². The highest BCUT2D eigenvalue weighted by Crippen LogP contribution is 2.17. The maximum atomic E-state index is 12.4. The van der Waals surface area contributed by atoms with Gasteiger partial charge in [-0.3, -0.25) is 24.7 Å². The van der Waals surface area contributed by atoms with Crippen molar-refractivity contribution in [2.24, 2.45) is 0 Å². The molecule has 2 aliphatic heterocycles. The molecule has 1 saturated carbocycles. The predicted octanol–water partition coefficient (Wildman–Crippen LogP) is -0.380. The molecule has 1 aliphatic carbocycles. The molecule has 0 radical (unpaired) electrons. The van der Waals surface area contributed by atoms with Crippen molar-refractivity contribution in [2.75, 3.05) is 59.0 Å². The maximum absolute atomic E-state index is 12.4. The number of nitrogens with one attached hydrogen (secondary N) is 2. The van der Waals surface area contributed by atoms with Crippen LogP contribution in [-0.4, -0.2) is 104 Å². The van der Waals surface area contributed by atoms with Gasteiger partial charge < -0.3 is 15.0 Å². The first-order valence-electron chi connectivity index (χ1n) is 10.5. The molecule has 0 bridgehead atoms. The summed E-state index contributed by atoms with van der Waals surface area (Å²) in [6.45, 7) is 7.68. The van der Waals surface area contributed by atoms with Crippen LogP contribution in [0.2, 0.25) is 0 Å². The summed E-state index contributed by atoms with van der Waals surface area (Å²) < 4.78 is 5.29. The highest BCUT2D eigenvalue weighted by molar-refractivity contribution is 5.96. The lowest BCUT2D eigenvalue weighted by Crippen LogP contribution is -2.57. The van der Waals surface area contributed by atoms with Crippen LogP contribution in [0.5, 0.6) is 0 Å².